The minimum Gasteiger partial charge on any atom is -0.480 e. The van der Waals surface area contributed by atoms with E-state index in [1.165, 1.54) is 19.4 Å². The molecule has 5 nitrogen and oxygen atoms in total. The third-order valence-electron chi connectivity index (χ3n) is 4.66. The first-order chi connectivity index (χ1) is 12.4. The molecule has 0 aliphatic heterocycles. The van der Waals surface area contributed by atoms with Gasteiger partial charge >= 0.3 is 6.18 Å². The van der Waals surface area contributed by atoms with Gasteiger partial charge in [-0.05, 0) is 49.3 Å². The molecule has 0 atom stereocenters. The molecule has 8 heteroatoms. The second-order valence-electron chi connectivity index (χ2n) is 6.65. The lowest BCUT2D eigenvalue weighted by Crippen LogP contribution is -2.26. The molecule has 3 rings (SSSR count). The van der Waals surface area contributed by atoms with Crippen LogP contribution in [0.3, 0.4) is 0 Å². The van der Waals surface area contributed by atoms with E-state index in [1.807, 2.05) is 0 Å². The van der Waals surface area contributed by atoms with Crippen LogP contribution in [0.5, 0.6) is 5.88 Å². The Kier molecular flexibility index (Phi) is 5.29. The Morgan fingerprint density at radius 2 is 1.88 bits per heavy atom. The fraction of sp³-hybridized carbons (Fsp3) is 0.500. The van der Waals surface area contributed by atoms with E-state index in [1.54, 1.807) is 0 Å². The van der Waals surface area contributed by atoms with Crippen LogP contribution in [0.1, 0.15) is 38.3 Å². The summed E-state index contributed by atoms with van der Waals surface area (Å²) in [5.74, 6) is 1.39. The Labute approximate surface area is 150 Å². The Bertz CT molecular complexity index is 758. The first-order valence-corrected chi connectivity index (χ1v) is 8.58. The SMILES string of the molecule is COc1nc(NC2CCC(C)CC2)ncc1-c1ccnc(C(F)(F)F)c1. The third kappa shape index (κ3) is 4.23. The highest BCUT2D eigenvalue weighted by molar-refractivity contribution is 5.68. The maximum atomic E-state index is 12.9. The predicted octanol–water partition coefficient (Wildman–Crippen LogP) is 4.56. The second kappa shape index (κ2) is 7.47. The molecule has 0 spiro atoms. The number of halogens is 3. The minimum atomic E-state index is -4.51. The lowest BCUT2D eigenvalue weighted by Gasteiger charge is -2.27. The van der Waals surface area contributed by atoms with E-state index < -0.39 is 11.9 Å². The highest BCUT2D eigenvalue weighted by Gasteiger charge is 2.32. The van der Waals surface area contributed by atoms with Gasteiger partial charge in [0.15, 0.2) is 0 Å². The van der Waals surface area contributed by atoms with Gasteiger partial charge in [-0.25, -0.2) is 4.98 Å². The van der Waals surface area contributed by atoms with E-state index >= 15 is 0 Å². The van der Waals surface area contributed by atoms with Gasteiger partial charge in [0.05, 0.1) is 12.7 Å². The van der Waals surface area contributed by atoms with Gasteiger partial charge in [0.25, 0.3) is 0 Å². The van der Waals surface area contributed by atoms with Crippen molar-refractivity contribution in [1.82, 2.24) is 15.0 Å². The lowest BCUT2D eigenvalue weighted by molar-refractivity contribution is -0.141. The molecular formula is C18H21F3N4O. The zero-order valence-corrected chi connectivity index (χ0v) is 14.7. The summed E-state index contributed by atoms with van der Waals surface area (Å²) in [6.07, 6.45) is 2.50. The molecule has 0 aromatic carbocycles. The van der Waals surface area contributed by atoms with E-state index in [9.17, 15) is 13.2 Å². The number of methoxy groups -OCH3 is 1. The Balaban J connectivity index is 1.83. The fourth-order valence-corrected chi connectivity index (χ4v) is 3.13. The van der Waals surface area contributed by atoms with Gasteiger partial charge in [0, 0.05) is 18.4 Å². The first kappa shape index (κ1) is 18.4. The molecule has 1 aliphatic rings. The number of aromatic nitrogens is 3. The van der Waals surface area contributed by atoms with Crippen molar-refractivity contribution in [1.29, 1.82) is 0 Å². The Morgan fingerprint density at radius 3 is 2.54 bits per heavy atom. The van der Waals surface area contributed by atoms with E-state index in [2.05, 4.69) is 27.2 Å². The van der Waals surface area contributed by atoms with Crippen molar-refractivity contribution in [3.63, 3.8) is 0 Å². The number of hydrogen-bond donors (Lipinski definition) is 1. The molecular weight excluding hydrogens is 345 g/mol. The van der Waals surface area contributed by atoms with Crippen molar-refractivity contribution in [2.75, 3.05) is 12.4 Å². The van der Waals surface area contributed by atoms with E-state index in [4.69, 9.17) is 4.74 Å². The standard InChI is InChI=1S/C18H21F3N4O/c1-11-3-5-13(6-4-11)24-17-23-10-14(16(25-17)26-2)12-7-8-22-15(9-12)18(19,20)21/h7-11,13H,3-6H2,1-2H3,(H,23,24,25). The number of rotatable bonds is 4. The highest BCUT2D eigenvalue weighted by Crippen LogP contribution is 2.33. The van der Waals surface area contributed by atoms with Crippen LogP contribution in [0, 0.1) is 5.92 Å². The average molecular weight is 366 g/mol. The van der Waals surface area contributed by atoms with E-state index in [0.29, 0.717) is 23.1 Å². The van der Waals surface area contributed by atoms with Crippen molar-refractivity contribution in [2.45, 2.75) is 44.8 Å². The topological polar surface area (TPSA) is 59.9 Å². The maximum Gasteiger partial charge on any atom is 0.433 e. The highest BCUT2D eigenvalue weighted by atomic mass is 19.4. The molecule has 1 aliphatic carbocycles. The Hall–Kier alpha value is -2.38. The number of ether oxygens (including phenoxy) is 1. The van der Waals surface area contributed by atoms with Gasteiger partial charge in [0.2, 0.25) is 11.8 Å². The molecule has 140 valence electrons. The molecule has 1 saturated carbocycles. The fourth-order valence-electron chi connectivity index (χ4n) is 3.13. The average Bonchev–Trinajstić information content (AvgIpc) is 2.63. The van der Waals surface area contributed by atoms with Crippen LogP contribution >= 0.6 is 0 Å². The summed E-state index contributed by atoms with van der Waals surface area (Å²) in [5.41, 5.74) is -0.263. The van der Waals surface area contributed by atoms with Crippen molar-refractivity contribution < 1.29 is 17.9 Å². The van der Waals surface area contributed by atoms with Gasteiger partial charge in [-0.15, -0.1) is 0 Å². The zero-order chi connectivity index (χ0) is 18.7. The van der Waals surface area contributed by atoms with Crippen molar-refractivity contribution in [3.05, 3.63) is 30.2 Å². The van der Waals surface area contributed by atoms with Gasteiger partial charge < -0.3 is 10.1 Å². The summed E-state index contributed by atoms with van der Waals surface area (Å²) in [6.45, 7) is 2.24. The molecule has 1 N–H and O–H groups in total. The molecule has 0 amide bonds. The molecule has 0 radical (unpaired) electrons. The van der Waals surface area contributed by atoms with Crippen molar-refractivity contribution in [2.24, 2.45) is 5.92 Å². The molecule has 26 heavy (non-hydrogen) atoms. The summed E-state index contributed by atoms with van der Waals surface area (Å²) in [4.78, 5) is 12.0. The normalized spacial score (nSPS) is 20.7. The summed E-state index contributed by atoms with van der Waals surface area (Å²) in [5, 5.41) is 3.30. The predicted molar refractivity (Wildman–Crippen MR) is 91.9 cm³/mol. The summed E-state index contributed by atoms with van der Waals surface area (Å²) < 4.78 is 43.9. The number of anilines is 1. The van der Waals surface area contributed by atoms with Gasteiger partial charge in [-0.1, -0.05) is 6.92 Å². The number of alkyl halides is 3. The monoisotopic (exact) mass is 366 g/mol. The summed E-state index contributed by atoms with van der Waals surface area (Å²) >= 11 is 0. The van der Waals surface area contributed by atoms with Crippen LogP contribution in [0.4, 0.5) is 19.1 Å². The quantitative estimate of drug-likeness (QED) is 0.860. The Morgan fingerprint density at radius 1 is 1.15 bits per heavy atom. The minimum absolute atomic E-state index is 0.228. The van der Waals surface area contributed by atoms with Crippen LogP contribution in [0.2, 0.25) is 0 Å². The molecule has 0 unspecified atom stereocenters. The maximum absolute atomic E-state index is 12.9. The molecule has 2 aromatic rings. The molecule has 1 fully saturated rings. The van der Waals surface area contributed by atoms with Gasteiger partial charge in [-0.3, -0.25) is 4.98 Å². The molecule has 0 bridgehead atoms. The van der Waals surface area contributed by atoms with Crippen LogP contribution in [-0.4, -0.2) is 28.1 Å². The molecule has 2 aromatic heterocycles. The molecule has 0 saturated heterocycles. The van der Waals surface area contributed by atoms with Crippen molar-refractivity contribution >= 4 is 5.95 Å². The van der Waals surface area contributed by atoms with Crippen molar-refractivity contribution in [3.8, 4) is 17.0 Å². The van der Waals surface area contributed by atoms with Crippen LogP contribution in [0.15, 0.2) is 24.5 Å². The van der Waals surface area contributed by atoms with E-state index in [0.717, 1.165) is 43.9 Å². The van der Waals surface area contributed by atoms with E-state index in [-0.39, 0.29) is 5.88 Å². The third-order valence-corrected chi connectivity index (χ3v) is 4.66. The smallest absolute Gasteiger partial charge is 0.433 e. The molecule has 2 heterocycles. The van der Waals surface area contributed by atoms with Crippen LogP contribution in [0.25, 0.3) is 11.1 Å². The summed E-state index contributed by atoms with van der Waals surface area (Å²) in [7, 11) is 1.43. The van der Waals surface area contributed by atoms with Gasteiger partial charge in [-0.2, -0.15) is 18.2 Å². The number of pyridine rings is 1. The number of nitrogens with zero attached hydrogens (tertiary/aromatic N) is 3. The lowest BCUT2D eigenvalue weighted by atomic mass is 9.87. The van der Waals surface area contributed by atoms with Crippen LogP contribution < -0.4 is 10.1 Å². The van der Waals surface area contributed by atoms with Gasteiger partial charge in [0.1, 0.15) is 5.69 Å². The first-order valence-electron chi connectivity index (χ1n) is 8.58. The second-order valence-corrected chi connectivity index (χ2v) is 6.65. The number of nitrogens with one attached hydrogen (secondary N) is 1. The van der Waals surface area contributed by atoms with Crippen LogP contribution in [-0.2, 0) is 6.18 Å². The zero-order valence-electron chi connectivity index (χ0n) is 14.7. The number of hydrogen-bond acceptors (Lipinski definition) is 5. The summed E-state index contributed by atoms with van der Waals surface area (Å²) in [6, 6.07) is 2.75. The largest absolute Gasteiger partial charge is 0.480 e.